The summed E-state index contributed by atoms with van der Waals surface area (Å²) < 4.78 is 1.86. The molecule has 0 spiro atoms. The van der Waals surface area contributed by atoms with Crippen molar-refractivity contribution in [1.29, 1.82) is 0 Å². The van der Waals surface area contributed by atoms with Crippen LogP contribution in [0.4, 0.5) is 5.82 Å². The Hall–Kier alpha value is -2.26. The first kappa shape index (κ1) is 14.7. The maximum absolute atomic E-state index is 12.2. The van der Waals surface area contributed by atoms with Crippen LogP contribution in [0.5, 0.6) is 0 Å². The van der Waals surface area contributed by atoms with Crippen LogP contribution in [0.2, 0.25) is 0 Å². The summed E-state index contributed by atoms with van der Waals surface area (Å²) >= 11 is 1.22. The standard InChI is InChI=1S/C13H16N6O2S/c1-6(4-20)16-11(21)13-17-8-9-7(15-5-19(9)3)10(14-2)18-12(8)22-13/h5-6,20H,4H2,1-3H3,(H,14,18)(H,16,21). The minimum Gasteiger partial charge on any atom is -0.394 e. The minimum atomic E-state index is -0.322. The number of carbonyl (C=O) groups excluding carboxylic acids is 1. The van der Waals surface area contributed by atoms with E-state index in [1.165, 1.54) is 11.3 Å². The predicted molar refractivity (Wildman–Crippen MR) is 85.2 cm³/mol. The summed E-state index contributed by atoms with van der Waals surface area (Å²) in [6.07, 6.45) is 1.69. The Morgan fingerprint density at radius 1 is 1.45 bits per heavy atom. The molecule has 9 heteroatoms. The van der Waals surface area contributed by atoms with Crippen molar-refractivity contribution in [3.63, 3.8) is 0 Å². The molecule has 3 heterocycles. The van der Waals surface area contributed by atoms with Crippen molar-refractivity contribution >= 4 is 44.4 Å². The molecular weight excluding hydrogens is 304 g/mol. The SMILES string of the molecule is CNc1nc2sc(C(=O)NC(C)CO)nc2c2c1ncn2C. The highest BCUT2D eigenvalue weighted by atomic mass is 32.1. The van der Waals surface area contributed by atoms with Crippen LogP contribution in [0.25, 0.3) is 21.4 Å². The largest absolute Gasteiger partial charge is 0.394 e. The van der Waals surface area contributed by atoms with E-state index in [0.717, 1.165) is 11.0 Å². The number of nitrogens with one attached hydrogen (secondary N) is 2. The van der Waals surface area contributed by atoms with E-state index < -0.39 is 0 Å². The second-order valence-electron chi connectivity index (χ2n) is 4.99. The first-order valence-electron chi connectivity index (χ1n) is 6.76. The van der Waals surface area contributed by atoms with E-state index in [1.807, 2.05) is 11.6 Å². The second-order valence-corrected chi connectivity index (χ2v) is 5.97. The molecule has 0 aromatic carbocycles. The zero-order chi connectivity index (χ0) is 15.9. The van der Waals surface area contributed by atoms with Crippen molar-refractivity contribution in [2.45, 2.75) is 13.0 Å². The highest BCUT2D eigenvalue weighted by Crippen LogP contribution is 2.30. The Balaban J connectivity index is 2.15. The summed E-state index contributed by atoms with van der Waals surface area (Å²) in [4.78, 5) is 26.0. The van der Waals surface area contributed by atoms with Gasteiger partial charge in [-0.15, -0.1) is 0 Å². The van der Waals surface area contributed by atoms with Crippen LogP contribution >= 0.6 is 11.3 Å². The summed E-state index contributed by atoms with van der Waals surface area (Å²) in [5, 5.41) is 15.0. The number of aryl methyl sites for hydroxylation is 1. The van der Waals surface area contributed by atoms with Gasteiger partial charge in [0.05, 0.1) is 12.9 Å². The van der Waals surface area contributed by atoms with Crippen LogP contribution in [0, 0.1) is 0 Å². The molecule has 3 aromatic rings. The molecule has 0 aliphatic carbocycles. The van der Waals surface area contributed by atoms with Gasteiger partial charge in [-0.3, -0.25) is 4.79 Å². The maximum atomic E-state index is 12.2. The number of hydrogen-bond acceptors (Lipinski definition) is 7. The highest BCUT2D eigenvalue weighted by molar-refractivity contribution is 7.20. The van der Waals surface area contributed by atoms with Crippen molar-refractivity contribution in [1.82, 2.24) is 24.8 Å². The Morgan fingerprint density at radius 3 is 2.91 bits per heavy atom. The molecule has 0 saturated heterocycles. The zero-order valence-corrected chi connectivity index (χ0v) is 13.2. The average molecular weight is 320 g/mol. The molecule has 8 nitrogen and oxygen atoms in total. The number of aromatic nitrogens is 4. The molecule has 22 heavy (non-hydrogen) atoms. The van der Waals surface area contributed by atoms with Gasteiger partial charge in [0.1, 0.15) is 21.4 Å². The number of fused-ring (bicyclic) bond motifs is 3. The van der Waals surface area contributed by atoms with Crippen LogP contribution in [-0.4, -0.2) is 50.2 Å². The summed E-state index contributed by atoms with van der Waals surface area (Å²) in [6, 6.07) is -0.322. The molecule has 0 saturated carbocycles. The molecule has 3 aromatic heterocycles. The molecule has 116 valence electrons. The molecule has 3 N–H and O–H groups in total. The number of pyridine rings is 1. The van der Waals surface area contributed by atoms with Crippen LogP contribution < -0.4 is 10.6 Å². The van der Waals surface area contributed by atoms with Crippen LogP contribution in [0.3, 0.4) is 0 Å². The van der Waals surface area contributed by atoms with E-state index in [9.17, 15) is 4.79 Å². The van der Waals surface area contributed by atoms with Crippen molar-refractivity contribution < 1.29 is 9.90 Å². The van der Waals surface area contributed by atoms with E-state index in [1.54, 1.807) is 20.3 Å². The molecule has 1 amide bonds. The van der Waals surface area contributed by atoms with E-state index in [2.05, 4.69) is 25.6 Å². The van der Waals surface area contributed by atoms with E-state index >= 15 is 0 Å². The lowest BCUT2D eigenvalue weighted by Crippen LogP contribution is -2.34. The summed E-state index contributed by atoms with van der Waals surface area (Å²) in [7, 11) is 3.65. The Labute approximate surface area is 130 Å². The Kier molecular flexibility index (Phi) is 3.67. The summed E-state index contributed by atoms with van der Waals surface area (Å²) in [6.45, 7) is 1.60. The third-order valence-corrected chi connectivity index (χ3v) is 4.24. The summed E-state index contributed by atoms with van der Waals surface area (Å²) in [5.74, 6) is 0.341. The van der Waals surface area contributed by atoms with Crippen molar-refractivity contribution in [2.75, 3.05) is 19.0 Å². The first-order chi connectivity index (χ1) is 10.5. The number of carbonyl (C=O) groups is 1. The maximum Gasteiger partial charge on any atom is 0.280 e. The van der Waals surface area contributed by atoms with Crippen LogP contribution in [-0.2, 0) is 7.05 Å². The van der Waals surface area contributed by atoms with Crippen LogP contribution in [0.1, 0.15) is 16.7 Å². The number of hydrogen-bond donors (Lipinski definition) is 3. The molecule has 1 unspecified atom stereocenters. The average Bonchev–Trinajstić information content (AvgIpc) is 3.09. The molecular formula is C13H16N6O2S. The lowest BCUT2D eigenvalue weighted by Gasteiger charge is -2.08. The van der Waals surface area contributed by atoms with E-state index in [0.29, 0.717) is 21.2 Å². The number of aliphatic hydroxyl groups excluding tert-OH is 1. The lowest BCUT2D eigenvalue weighted by molar-refractivity contribution is 0.0922. The van der Waals surface area contributed by atoms with Gasteiger partial charge in [0.25, 0.3) is 5.91 Å². The van der Waals surface area contributed by atoms with Gasteiger partial charge in [-0.2, -0.15) is 0 Å². The molecule has 0 aliphatic rings. The lowest BCUT2D eigenvalue weighted by atomic mass is 10.3. The van der Waals surface area contributed by atoms with Crippen molar-refractivity contribution in [3.05, 3.63) is 11.3 Å². The molecule has 0 radical (unpaired) electrons. The topological polar surface area (TPSA) is 105 Å². The third-order valence-electron chi connectivity index (χ3n) is 3.29. The van der Waals surface area contributed by atoms with Crippen molar-refractivity contribution in [2.24, 2.45) is 7.05 Å². The normalized spacial score (nSPS) is 12.7. The van der Waals surface area contributed by atoms with Gasteiger partial charge in [0.15, 0.2) is 10.8 Å². The number of rotatable bonds is 4. The highest BCUT2D eigenvalue weighted by Gasteiger charge is 2.20. The third kappa shape index (κ3) is 2.28. The Bertz CT molecular complexity index is 855. The fourth-order valence-corrected chi connectivity index (χ4v) is 3.03. The first-order valence-corrected chi connectivity index (χ1v) is 7.57. The van der Waals surface area contributed by atoms with Crippen molar-refractivity contribution in [3.8, 4) is 0 Å². The molecule has 1 atom stereocenters. The van der Waals surface area contributed by atoms with Gasteiger partial charge < -0.3 is 20.3 Å². The van der Waals surface area contributed by atoms with Crippen LogP contribution in [0.15, 0.2) is 6.33 Å². The number of thiazole rings is 1. The number of imidazole rings is 1. The van der Waals surface area contributed by atoms with E-state index in [-0.39, 0.29) is 18.6 Å². The number of anilines is 1. The second kappa shape index (κ2) is 5.50. The fraction of sp³-hybridized carbons (Fsp3) is 0.385. The van der Waals surface area contributed by atoms with Gasteiger partial charge in [0, 0.05) is 20.1 Å². The Morgan fingerprint density at radius 2 is 2.23 bits per heavy atom. The number of aliphatic hydroxyl groups is 1. The van der Waals surface area contributed by atoms with E-state index in [4.69, 9.17) is 5.11 Å². The predicted octanol–water partition coefficient (Wildman–Crippen LogP) is 0.730. The number of amides is 1. The fourth-order valence-electron chi connectivity index (χ4n) is 2.18. The van der Waals surface area contributed by atoms with Gasteiger partial charge in [-0.25, -0.2) is 15.0 Å². The monoisotopic (exact) mass is 320 g/mol. The smallest absolute Gasteiger partial charge is 0.280 e. The molecule has 0 aliphatic heterocycles. The molecule has 0 fully saturated rings. The van der Waals surface area contributed by atoms with Gasteiger partial charge in [0.2, 0.25) is 0 Å². The molecule has 3 rings (SSSR count). The minimum absolute atomic E-state index is 0.120. The summed E-state index contributed by atoms with van der Waals surface area (Å²) in [5.41, 5.74) is 2.21. The van der Waals surface area contributed by atoms with Gasteiger partial charge in [-0.1, -0.05) is 11.3 Å². The van der Waals surface area contributed by atoms with Gasteiger partial charge >= 0.3 is 0 Å². The quantitative estimate of drug-likeness (QED) is 0.654. The zero-order valence-electron chi connectivity index (χ0n) is 12.4. The molecule has 0 bridgehead atoms. The number of nitrogens with zero attached hydrogens (tertiary/aromatic N) is 4. The van der Waals surface area contributed by atoms with Gasteiger partial charge in [-0.05, 0) is 6.92 Å².